The number of nitrogens with one attached hydrogen (secondary N) is 2. The fourth-order valence-corrected chi connectivity index (χ4v) is 2.43. The van der Waals surface area contributed by atoms with Gasteiger partial charge in [-0.3, -0.25) is 5.32 Å². The van der Waals surface area contributed by atoms with Crippen LogP contribution in [-0.2, 0) is 0 Å². The molecule has 2 rings (SSSR count). The summed E-state index contributed by atoms with van der Waals surface area (Å²) >= 11 is 1.27. The van der Waals surface area contributed by atoms with E-state index in [1.807, 2.05) is 57.2 Å². The maximum absolute atomic E-state index is 11.9. The number of amides is 2. The quantitative estimate of drug-likeness (QED) is 0.877. The Bertz CT molecular complexity index is 646. The summed E-state index contributed by atoms with van der Waals surface area (Å²) in [4.78, 5) is 11.9. The van der Waals surface area contributed by atoms with Gasteiger partial charge in [0, 0.05) is 5.69 Å². The van der Waals surface area contributed by atoms with Crippen LogP contribution in [0.25, 0.3) is 6.08 Å². The fraction of sp³-hybridized carbons (Fsp3) is 0.200. The Kier molecular flexibility index (Phi) is 4.53. The van der Waals surface area contributed by atoms with E-state index in [2.05, 4.69) is 15.0 Å². The number of nitrogens with zero attached hydrogens (tertiary/aromatic N) is 1. The molecule has 0 atom stereocenters. The van der Waals surface area contributed by atoms with Crippen molar-refractivity contribution in [3.8, 4) is 0 Å². The van der Waals surface area contributed by atoms with Crippen molar-refractivity contribution in [3.05, 3.63) is 47.2 Å². The van der Waals surface area contributed by atoms with Gasteiger partial charge in [-0.05, 0) is 61.6 Å². The van der Waals surface area contributed by atoms with Crippen LogP contribution in [0.3, 0.4) is 0 Å². The number of carbonyl (C=O) groups is 1. The first-order chi connectivity index (χ1) is 9.58. The van der Waals surface area contributed by atoms with Crippen molar-refractivity contribution in [3.63, 3.8) is 0 Å². The molecule has 0 bridgehead atoms. The van der Waals surface area contributed by atoms with E-state index in [0.29, 0.717) is 0 Å². The third kappa shape index (κ3) is 3.68. The molecule has 20 heavy (non-hydrogen) atoms. The molecular weight excluding hydrogens is 270 g/mol. The number of rotatable bonds is 3. The summed E-state index contributed by atoms with van der Waals surface area (Å²) in [5, 5.41) is 6.32. The second-order valence-electron chi connectivity index (χ2n) is 4.48. The van der Waals surface area contributed by atoms with Gasteiger partial charge in [-0.2, -0.15) is 4.37 Å². The topological polar surface area (TPSA) is 54.0 Å². The van der Waals surface area contributed by atoms with E-state index in [1.165, 1.54) is 17.1 Å². The van der Waals surface area contributed by atoms with Gasteiger partial charge in [0.2, 0.25) is 0 Å². The molecule has 1 aromatic carbocycles. The number of allylic oxidation sites excluding steroid dienone is 1. The Labute approximate surface area is 122 Å². The van der Waals surface area contributed by atoms with Gasteiger partial charge in [0.1, 0.15) is 5.00 Å². The summed E-state index contributed by atoms with van der Waals surface area (Å²) in [5.41, 5.74) is 3.93. The largest absolute Gasteiger partial charge is 0.324 e. The normalized spacial score (nSPS) is 10.8. The lowest BCUT2D eigenvalue weighted by Gasteiger charge is -2.08. The zero-order chi connectivity index (χ0) is 14.5. The van der Waals surface area contributed by atoms with Crippen molar-refractivity contribution in [2.45, 2.75) is 20.8 Å². The first kappa shape index (κ1) is 14.3. The average Bonchev–Trinajstić information content (AvgIpc) is 2.79. The van der Waals surface area contributed by atoms with Crippen molar-refractivity contribution in [1.82, 2.24) is 4.37 Å². The first-order valence-electron chi connectivity index (χ1n) is 6.33. The highest BCUT2D eigenvalue weighted by molar-refractivity contribution is 7.10. The van der Waals surface area contributed by atoms with Gasteiger partial charge in [0.15, 0.2) is 0 Å². The van der Waals surface area contributed by atoms with Crippen LogP contribution < -0.4 is 10.6 Å². The fourth-order valence-electron chi connectivity index (χ4n) is 1.77. The minimum Gasteiger partial charge on any atom is -0.308 e. The zero-order valence-electron chi connectivity index (χ0n) is 11.7. The molecule has 2 aromatic rings. The summed E-state index contributed by atoms with van der Waals surface area (Å²) in [6.07, 6.45) is 4.00. The molecule has 0 spiro atoms. The van der Waals surface area contributed by atoms with E-state index in [9.17, 15) is 4.79 Å². The van der Waals surface area contributed by atoms with Crippen LogP contribution in [0.2, 0.25) is 0 Å². The minimum absolute atomic E-state index is 0.260. The molecule has 2 amide bonds. The maximum atomic E-state index is 11.9. The summed E-state index contributed by atoms with van der Waals surface area (Å²) in [6, 6.07) is 7.41. The van der Waals surface area contributed by atoms with Crippen LogP contribution in [0, 0.1) is 13.8 Å². The lowest BCUT2D eigenvalue weighted by Crippen LogP contribution is -2.18. The van der Waals surface area contributed by atoms with E-state index < -0.39 is 0 Å². The van der Waals surface area contributed by atoms with Crippen LogP contribution in [0.4, 0.5) is 15.5 Å². The van der Waals surface area contributed by atoms with Gasteiger partial charge in [-0.1, -0.05) is 18.2 Å². The molecule has 1 aromatic heterocycles. The third-order valence-corrected chi connectivity index (χ3v) is 3.54. The molecule has 0 aliphatic carbocycles. The summed E-state index contributed by atoms with van der Waals surface area (Å²) in [6.45, 7) is 5.90. The Hall–Kier alpha value is -2.14. The lowest BCUT2D eigenvalue weighted by molar-refractivity contribution is 0.262. The highest BCUT2D eigenvalue weighted by Gasteiger charge is 2.06. The lowest BCUT2D eigenvalue weighted by atomic mass is 10.1. The molecule has 2 N–H and O–H groups in total. The molecule has 104 valence electrons. The molecule has 0 saturated heterocycles. The molecule has 0 radical (unpaired) electrons. The molecule has 0 aliphatic heterocycles. The van der Waals surface area contributed by atoms with Gasteiger partial charge >= 0.3 is 6.03 Å². The second kappa shape index (κ2) is 6.34. The average molecular weight is 287 g/mol. The molecular formula is C15H17N3OS. The highest BCUT2D eigenvalue weighted by atomic mass is 32.1. The third-order valence-electron chi connectivity index (χ3n) is 2.75. The molecule has 0 saturated carbocycles. The number of aromatic nitrogens is 1. The van der Waals surface area contributed by atoms with Gasteiger partial charge in [0.25, 0.3) is 0 Å². The number of aryl methyl sites for hydroxylation is 2. The van der Waals surface area contributed by atoms with Crippen molar-refractivity contribution in [2.24, 2.45) is 0 Å². The number of anilines is 2. The highest BCUT2D eigenvalue weighted by Crippen LogP contribution is 2.18. The van der Waals surface area contributed by atoms with E-state index in [0.717, 1.165) is 21.9 Å². The number of carbonyl (C=O) groups excluding carboxylic acids is 1. The van der Waals surface area contributed by atoms with Crippen molar-refractivity contribution >= 4 is 34.3 Å². The van der Waals surface area contributed by atoms with Crippen LogP contribution in [0.15, 0.2) is 30.3 Å². The number of benzene rings is 1. The Morgan fingerprint density at radius 3 is 2.70 bits per heavy atom. The minimum atomic E-state index is -0.260. The van der Waals surface area contributed by atoms with Crippen LogP contribution >= 0.6 is 11.5 Å². The van der Waals surface area contributed by atoms with Crippen molar-refractivity contribution < 1.29 is 4.79 Å². The molecule has 0 unspecified atom stereocenters. The summed E-state index contributed by atoms with van der Waals surface area (Å²) in [5.74, 6) is 0. The van der Waals surface area contributed by atoms with Crippen molar-refractivity contribution in [2.75, 3.05) is 10.6 Å². The number of hydrogen-bond donors (Lipinski definition) is 2. The molecule has 0 aliphatic rings. The molecule has 4 nitrogen and oxygen atoms in total. The predicted molar refractivity (Wildman–Crippen MR) is 85.4 cm³/mol. The van der Waals surface area contributed by atoms with E-state index >= 15 is 0 Å². The molecule has 0 fully saturated rings. The van der Waals surface area contributed by atoms with E-state index in [-0.39, 0.29) is 6.03 Å². The second-order valence-corrected chi connectivity index (χ2v) is 5.29. The molecule has 5 heteroatoms. The monoisotopic (exact) mass is 287 g/mol. The van der Waals surface area contributed by atoms with Gasteiger partial charge in [-0.25, -0.2) is 4.79 Å². The van der Waals surface area contributed by atoms with Crippen molar-refractivity contribution in [1.29, 1.82) is 0 Å². The number of urea groups is 1. The van der Waals surface area contributed by atoms with Gasteiger partial charge < -0.3 is 5.32 Å². The zero-order valence-corrected chi connectivity index (χ0v) is 12.5. The summed E-state index contributed by atoms with van der Waals surface area (Å²) in [7, 11) is 0. The van der Waals surface area contributed by atoms with Gasteiger partial charge in [-0.15, -0.1) is 0 Å². The van der Waals surface area contributed by atoms with Crippen LogP contribution in [-0.4, -0.2) is 10.4 Å². The summed E-state index contributed by atoms with van der Waals surface area (Å²) < 4.78 is 4.12. The Morgan fingerprint density at radius 1 is 1.25 bits per heavy atom. The Morgan fingerprint density at radius 2 is 2.05 bits per heavy atom. The van der Waals surface area contributed by atoms with E-state index in [1.54, 1.807) is 0 Å². The van der Waals surface area contributed by atoms with Crippen LogP contribution in [0.5, 0.6) is 0 Å². The standard InChI is InChI=1S/C15H17N3OS/c1-4-5-12-9-13(7-6-10(12)2)16-15(19)17-14-8-11(3)18-20-14/h4-9H,1-3H3,(H2,16,17,19)/b5-4-. The SMILES string of the molecule is C/C=C\c1cc(NC(=O)Nc2cc(C)ns2)ccc1C. The van der Waals surface area contributed by atoms with Crippen LogP contribution in [0.1, 0.15) is 23.7 Å². The predicted octanol–water partition coefficient (Wildman–Crippen LogP) is 4.44. The van der Waals surface area contributed by atoms with Gasteiger partial charge in [0.05, 0.1) is 5.69 Å². The Balaban J connectivity index is 2.06. The van der Waals surface area contributed by atoms with E-state index in [4.69, 9.17) is 0 Å². The number of hydrogen-bond acceptors (Lipinski definition) is 3. The maximum Gasteiger partial charge on any atom is 0.324 e. The smallest absolute Gasteiger partial charge is 0.308 e. The first-order valence-corrected chi connectivity index (χ1v) is 7.10. The molecule has 1 heterocycles.